The summed E-state index contributed by atoms with van der Waals surface area (Å²) < 4.78 is 29.8. The number of rotatable bonds is 2. The van der Waals surface area contributed by atoms with Crippen LogP contribution in [-0.2, 0) is 36.0 Å². The van der Waals surface area contributed by atoms with Crippen LogP contribution in [0.15, 0.2) is 26.9 Å². The zero-order chi connectivity index (χ0) is 20.3. The molecule has 1 aliphatic heterocycles. The molecule has 3 heterocycles. The molecule has 2 aliphatic rings. The number of sulfonamides is 1. The molecule has 0 saturated carbocycles. The first-order valence-electron chi connectivity index (χ1n) is 9.04. The Morgan fingerprint density at radius 2 is 1.96 bits per heavy atom. The molecule has 0 aromatic carbocycles. The molecule has 2 aromatic heterocycles. The highest BCUT2D eigenvalue weighted by Crippen LogP contribution is 2.44. The first-order chi connectivity index (χ1) is 13.2. The van der Waals surface area contributed by atoms with Crippen LogP contribution in [0.1, 0.15) is 30.5 Å². The van der Waals surface area contributed by atoms with E-state index in [9.17, 15) is 18.0 Å². The van der Waals surface area contributed by atoms with E-state index in [-0.39, 0.29) is 12.5 Å². The van der Waals surface area contributed by atoms with Crippen LogP contribution in [0.5, 0.6) is 0 Å². The summed E-state index contributed by atoms with van der Waals surface area (Å²) in [4.78, 5) is 32.5. The fourth-order valence-electron chi connectivity index (χ4n) is 4.34. The van der Waals surface area contributed by atoms with Gasteiger partial charge in [-0.05, 0) is 31.2 Å². The topological polar surface area (TPSA) is 133 Å². The minimum Gasteiger partial charge on any atom is -0.368 e. The highest BCUT2D eigenvalue weighted by molar-refractivity contribution is 7.89. The Morgan fingerprint density at radius 3 is 2.71 bits per heavy atom. The van der Waals surface area contributed by atoms with Gasteiger partial charge in [-0.15, -0.1) is 0 Å². The highest BCUT2D eigenvalue weighted by Gasteiger charge is 2.46. The van der Waals surface area contributed by atoms with E-state index in [1.165, 1.54) is 18.4 Å². The van der Waals surface area contributed by atoms with Crippen LogP contribution in [-0.4, -0.2) is 44.9 Å². The number of nitrogens with zero attached hydrogens (tertiary/aromatic N) is 5. The number of aryl methyl sites for hydroxylation is 2. The van der Waals surface area contributed by atoms with Crippen molar-refractivity contribution in [3.8, 4) is 0 Å². The Bertz CT molecular complexity index is 1180. The van der Waals surface area contributed by atoms with Gasteiger partial charge in [0.25, 0.3) is 5.56 Å². The molecule has 4 rings (SSSR count). The molecule has 11 heteroatoms. The first kappa shape index (κ1) is 18.8. The summed E-state index contributed by atoms with van der Waals surface area (Å²) in [5.74, 6) is 0.173. The van der Waals surface area contributed by atoms with Crippen molar-refractivity contribution in [3.05, 3.63) is 44.5 Å². The molecular weight excluding hydrogens is 384 g/mol. The van der Waals surface area contributed by atoms with Gasteiger partial charge in [0.05, 0.1) is 5.69 Å². The van der Waals surface area contributed by atoms with E-state index >= 15 is 0 Å². The summed E-state index contributed by atoms with van der Waals surface area (Å²) in [5.41, 5.74) is 5.76. The van der Waals surface area contributed by atoms with Crippen LogP contribution >= 0.6 is 0 Å². The highest BCUT2D eigenvalue weighted by atomic mass is 32.2. The van der Waals surface area contributed by atoms with Crippen LogP contribution in [0, 0.1) is 0 Å². The quantitative estimate of drug-likeness (QED) is 0.685. The van der Waals surface area contributed by atoms with Gasteiger partial charge in [-0.25, -0.2) is 23.2 Å². The van der Waals surface area contributed by atoms with E-state index in [2.05, 4.69) is 9.97 Å². The van der Waals surface area contributed by atoms with Crippen LogP contribution < -0.4 is 17.0 Å². The third-order valence-electron chi connectivity index (χ3n) is 5.83. The lowest BCUT2D eigenvalue weighted by atomic mass is 9.78. The third kappa shape index (κ3) is 2.68. The number of aromatic nitrogens is 4. The van der Waals surface area contributed by atoms with Crippen LogP contribution in [0.25, 0.3) is 0 Å². The number of anilines is 1. The zero-order valence-corrected chi connectivity index (χ0v) is 16.6. The molecule has 1 unspecified atom stereocenters. The lowest BCUT2D eigenvalue weighted by Gasteiger charge is -2.39. The van der Waals surface area contributed by atoms with Gasteiger partial charge in [0, 0.05) is 45.0 Å². The standard InChI is InChI=1S/C17H22N6O4S/c1-21-9-12(14(24)22(2)16(21)25)28(26,27)23-7-3-5-17(10-23)6-4-11-8-19-15(18)20-13(11)17/h8-9H,3-7,10H2,1-2H3,(H2,18,19,20). The van der Waals surface area contributed by atoms with E-state index in [0.29, 0.717) is 13.0 Å². The van der Waals surface area contributed by atoms with Crippen molar-refractivity contribution in [2.75, 3.05) is 18.8 Å². The summed E-state index contributed by atoms with van der Waals surface area (Å²) in [6.45, 7) is 0.538. The van der Waals surface area contributed by atoms with Crippen molar-refractivity contribution in [2.45, 2.75) is 36.0 Å². The Morgan fingerprint density at radius 1 is 1.21 bits per heavy atom. The number of piperidine rings is 1. The van der Waals surface area contributed by atoms with Gasteiger partial charge >= 0.3 is 5.69 Å². The molecule has 0 bridgehead atoms. The molecule has 1 aliphatic carbocycles. The van der Waals surface area contributed by atoms with Crippen LogP contribution in [0.2, 0.25) is 0 Å². The maximum atomic E-state index is 13.3. The fourth-order valence-corrected chi connectivity index (χ4v) is 6.05. The lowest BCUT2D eigenvalue weighted by Crippen LogP contribution is -2.50. The number of nitrogen functional groups attached to an aromatic ring is 1. The Kier molecular flexibility index (Phi) is 4.19. The van der Waals surface area contributed by atoms with Gasteiger partial charge in [0.15, 0.2) is 4.90 Å². The smallest absolute Gasteiger partial charge is 0.330 e. The Hall–Kier alpha value is -2.53. The summed E-state index contributed by atoms with van der Waals surface area (Å²) in [5, 5.41) is 0. The largest absolute Gasteiger partial charge is 0.368 e. The van der Waals surface area contributed by atoms with E-state index in [0.717, 1.165) is 45.9 Å². The van der Waals surface area contributed by atoms with Gasteiger partial charge in [0.1, 0.15) is 0 Å². The molecule has 28 heavy (non-hydrogen) atoms. The molecule has 1 saturated heterocycles. The summed E-state index contributed by atoms with van der Waals surface area (Å²) in [6.07, 6.45) is 5.79. The first-order valence-corrected chi connectivity index (χ1v) is 10.5. The molecule has 1 atom stereocenters. The lowest BCUT2D eigenvalue weighted by molar-refractivity contribution is 0.219. The molecule has 2 aromatic rings. The van der Waals surface area contributed by atoms with Crippen molar-refractivity contribution < 1.29 is 8.42 Å². The predicted molar refractivity (Wildman–Crippen MR) is 101 cm³/mol. The normalized spacial score (nSPS) is 22.5. The van der Waals surface area contributed by atoms with Gasteiger partial charge in [-0.2, -0.15) is 4.31 Å². The van der Waals surface area contributed by atoms with E-state index in [4.69, 9.17) is 5.73 Å². The second-order valence-corrected chi connectivity index (χ2v) is 9.48. The summed E-state index contributed by atoms with van der Waals surface area (Å²) in [6, 6.07) is 0. The fraction of sp³-hybridized carbons (Fsp3) is 0.529. The monoisotopic (exact) mass is 406 g/mol. The minimum absolute atomic E-state index is 0.173. The Labute approximate surface area is 161 Å². The summed E-state index contributed by atoms with van der Waals surface area (Å²) >= 11 is 0. The average Bonchev–Trinajstić information content (AvgIpc) is 3.00. The van der Waals surface area contributed by atoms with E-state index in [1.54, 1.807) is 6.20 Å². The zero-order valence-electron chi connectivity index (χ0n) is 15.8. The van der Waals surface area contributed by atoms with Crippen molar-refractivity contribution in [1.29, 1.82) is 0 Å². The molecule has 1 spiro atoms. The van der Waals surface area contributed by atoms with Crippen molar-refractivity contribution in [2.24, 2.45) is 14.1 Å². The van der Waals surface area contributed by atoms with Gasteiger partial charge in [0.2, 0.25) is 16.0 Å². The second kappa shape index (κ2) is 6.24. The molecular formula is C17H22N6O4S. The third-order valence-corrected chi connectivity index (χ3v) is 7.66. The van der Waals surface area contributed by atoms with Gasteiger partial charge < -0.3 is 10.3 Å². The van der Waals surface area contributed by atoms with Gasteiger partial charge in [-0.1, -0.05) is 0 Å². The van der Waals surface area contributed by atoms with Crippen LogP contribution in [0.4, 0.5) is 5.95 Å². The van der Waals surface area contributed by atoms with Gasteiger partial charge in [-0.3, -0.25) is 9.36 Å². The Balaban J connectivity index is 1.77. The number of hydrogen-bond acceptors (Lipinski definition) is 7. The van der Waals surface area contributed by atoms with Crippen molar-refractivity contribution >= 4 is 16.0 Å². The minimum atomic E-state index is -4.06. The second-order valence-electron chi connectivity index (χ2n) is 7.58. The molecule has 150 valence electrons. The van der Waals surface area contributed by atoms with E-state index in [1.807, 2.05) is 0 Å². The molecule has 0 amide bonds. The number of hydrogen-bond donors (Lipinski definition) is 1. The maximum absolute atomic E-state index is 13.3. The number of nitrogens with two attached hydrogens (primary N) is 1. The summed E-state index contributed by atoms with van der Waals surface area (Å²) in [7, 11) is -1.37. The molecule has 10 nitrogen and oxygen atoms in total. The molecule has 1 fully saturated rings. The number of fused-ring (bicyclic) bond motifs is 2. The van der Waals surface area contributed by atoms with Crippen LogP contribution in [0.3, 0.4) is 0 Å². The maximum Gasteiger partial charge on any atom is 0.330 e. The van der Waals surface area contributed by atoms with Crippen molar-refractivity contribution in [3.63, 3.8) is 0 Å². The molecule has 0 radical (unpaired) electrons. The molecule has 2 N–H and O–H groups in total. The predicted octanol–water partition coefficient (Wildman–Crippen LogP) is -0.875. The average molecular weight is 406 g/mol. The van der Waals surface area contributed by atoms with Crippen molar-refractivity contribution in [1.82, 2.24) is 23.4 Å². The van der Waals surface area contributed by atoms with E-state index < -0.39 is 31.6 Å². The SMILES string of the molecule is Cn1cc(S(=O)(=O)N2CCCC3(CCc4cnc(N)nc43)C2)c(=O)n(C)c1=O.